The first-order valence-corrected chi connectivity index (χ1v) is 5.93. The summed E-state index contributed by atoms with van der Waals surface area (Å²) in [7, 11) is 0. The molecule has 0 aliphatic carbocycles. The van der Waals surface area contributed by atoms with E-state index in [1.165, 1.54) is 12.1 Å². The summed E-state index contributed by atoms with van der Waals surface area (Å²) in [6.45, 7) is 0. The minimum atomic E-state index is -1.18. The van der Waals surface area contributed by atoms with Crippen LogP contribution in [0.15, 0.2) is 36.4 Å². The standard InChI is InChI=1S/C15H9F3N2O/c16-11-6-12(17)15(13(18)7-11)20-14(21)5-9-1-3-10(8-19)4-2-9/h1-4,6-7H,5H2,(H,20,21). The Morgan fingerprint density at radius 3 is 2.19 bits per heavy atom. The molecule has 6 heteroatoms. The largest absolute Gasteiger partial charge is 0.321 e. The second-order valence-corrected chi connectivity index (χ2v) is 4.28. The van der Waals surface area contributed by atoms with Crippen molar-refractivity contribution in [3.63, 3.8) is 0 Å². The van der Waals surface area contributed by atoms with Gasteiger partial charge in [0, 0.05) is 12.1 Å². The molecular weight excluding hydrogens is 281 g/mol. The quantitative estimate of drug-likeness (QED) is 0.944. The van der Waals surface area contributed by atoms with Crippen LogP contribution in [0.4, 0.5) is 18.9 Å². The van der Waals surface area contributed by atoms with Crippen molar-refractivity contribution in [2.24, 2.45) is 0 Å². The summed E-state index contributed by atoms with van der Waals surface area (Å²) < 4.78 is 39.5. The molecule has 1 N–H and O–H groups in total. The highest BCUT2D eigenvalue weighted by Gasteiger charge is 2.14. The summed E-state index contributed by atoms with van der Waals surface area (Å²) >= 11 is 0. The van der Waals surface area contributed by atoms with Crippen molar-refractivity contribution in [2.45, 2.75) is 6.42 Å². The zero-order chi connectivity index (χ0) is 15.4. The molecule has 0 saturated carbocycles. The van der Waals surface area contributed by atoms with Gasteiger partial charge < -0.3 is 5.32 Å². The zero-order valence-corrected chi connectivity index (χ0v) is 10.7. The van der Waals surface area contributed by atoms with E-state index >= 15 is 0 Å². The van der Waals surface area contributed by atoms with Crippen LogP contribution < -0.4 is 5.32 Å². The van der Waals surface area contributed by atoms with E-state index in [9.17, 15) is 18.0 Å². The van der Waals surface area contributed by atoms with Gasteiger partial charge in [-0.1, -0.05) is 12.1 Å². The number of carbonyl (C=O) groups is 1. The fourth-order valence-corrected chi connectivity index (χ4v) is 1.73. The smallest absolute Gasteiger partial charge is 0.228 e. The molecule has 2 aromatic carbocycles. The highest BCUT2D eigenvalue weighted by Crippen LogP contribution is 2.20. The van der Waals surface area contributed by atoms with Crippen LogP contribution in [0.25, 0.3) is 0 Å². The van der Waals surface area contributed by atoms with E-state index in [-0.39, 0.29) is 6.42 Å². The van der Waals surface area contributed by atoms with Crippen molar-refractivity contribution in [3.05, 3.63) is 65.0 Å². The average Bonchev–Trinajstić information content (AvgIpc) is 2.43. The second-order valence-electron chi connectivity index (χ2n) is 4.28. The van der Waals surface area contributed by atoms with Gasteiger partial charge in [-0.25, -0.2) is 13.2 Å². The summed E-state index contributed by atoms with van der Waals surface area (Å²) in [5.74, 6) is -4.07. The minimum absolute atomic E-state index is 0.123. The summed E-state index contributed by atoms with van der Waals surface area (Å²) in [6.07, 6.45) is -0.123. The minimum Gasteiger partial charge on any atom is -0.321 e. The number of anilines is 1. The molecule has 1 amide bonds. The Balaban J connectivity index is 2.10. The maximum atomic E-state index is 13.4. The fraction of sp³-hybridized carbons (Fsp3) is 0.0667. The highest BCUT2D eigenvalue weighted by atomic mass is 19.1. The van der Waals surface area contributed by atoms with Gasteiger partial charge in [0.2, 0.25) is 5.91 Å². The third-order valence-electron chi connectivity index (χ3n) is 2.72. The molecule has 0 aliphatic rings. The first kappa shape index (κ1) is 14.6. The maximum absolute atomic E-state index is 13.4. The number of halogens is 3. The van der Waals surface area contributed by atoms with Crippen LogP contribution in [0.1, 0.15) is 11.1 Å². The molecule has 106 valence electrons. The Kier molecular flexibility index (Phi) is 4.24. The van der Waals surface area contributed by atoms with Gasteiger partial charge in [0.25, 0.3) is 0 Å². The molecule has 2 aromatic rings. The van der Waals surface area contributed by atoms with E-state index in [1.807, 2.05) is 6.07 Å². The topological polar surface area (TPSA) is 52.9 Å². The van der Waals surface area contributed by atoms with Gasteiger partial charge in [0.05, 0.1) is 18.1 Å². The van der Waals surface area contributed by atoms with Crippen LogP contribution in [-0.2, 0) is 11.2 Å². The Labute approximate surface area is 118 Å². The molecule has 0 unspecified atom stereocenters. The van der Waals surface area contributed by atoms with E-state index in [4.69, 9.17) is 5.26 Å². The number of hydrogen-bond acceptors (Lipinski definition) is 2. The summed E-state index contributed by atoms with van der Waals surface area (Å²) in [6, 6.07) is 9.09. The monoisotopic (exact) mass is 290 g/mol. The van der Waals surface area contributed by atoms with E-state index in [0.717, 1.165) is 0 Å². The predicted molar refractivity (Wildman–Crippen MR) is 69.8 cm³/mol. The number of hydrogen-bond donors (Lipinski definition) is 1. The van der Waals surface area contributed by atoms with Crippen LogP contribution >= 0.6 is 0 Å². The number of benzene rings is 2. The van der Waals surface area contributed by atoms with Gasteiger partial charge in [0.15, 0.2) is 11.6 Å². The fourth-order valence-electron chi connectivity index (χ4n) is 1.73. The summed E-state index contributed by atoms with van der Waals surface area (Å²) in [5.41, 5.74) is 0.333. The van der Waals surface area contributed by atoms with Crippen LogP contribution in [-0.4, -0.2) is 5.91 Å². The molecule has 2 rings (SSSR count). The van der Waals surface area contributed by atoms with Crippen molar-refractivity contribution in [3.8, 4) is 6.07 Å². The number of nitrogens with zero attached hydrogens (tertiary/aromatic N) is 1. The number of nitrogens with one attached hydrogen (secondary N) is 1. The zero-order valence-electron chi connectivity index (χ0n) is 10.7. The van der Waals surface area contributed by atoms with E-state index in [1.54, 1.807) is 12.1 Å². The second kappa shape index (κ2) is 6.09. The average molecular weight is 290 g/mol. The third-order valence-corrected chi connectivity index (χ3v) is 2.72. The van der Waals surface area contributed by atoms with Gasteiger partial charge >= 0.3 is 0 Å². The van der Waals surface area contributed by atoms with Crippen LogP contribution in [0.2, 0.25) is 0 Å². The third kappa shape index (κ3) is 3.60. The van der Waals surface area contributed by atoms with Gasteiger partial charge in [-0.2, -0.15) is 5.26 Å². The number of nitriles is 1. The highest BCUT2D eigenvalue weighted by molar-refractivity contribution is 5.92. The predicted octanol–water partition coefficient (Wildman–Crippen LogP) is 3.16. The van der Waals surface area contributed by atoms with Crippen molar-refractivity contribution in [1.82, 2.24) is 0 Å². The van der Waals surface area contributed by atoms with Gasteiger partial charge in [-0.05, 0) is 17.7 Å². The Bertz CT molecular complexity index is 698. The maximum Gasteiger partial charge on any atom is 0.228 e. The molecule has 0 aromatic heterocycles. The first-order chi connectivity index (χ1) is 9.99. The lowest BCUT2D eigenvalue weighted by Crippen LogP contribution is -2.16. The van der Waals surface area contributed by atoms with E-state index < -0.39 is 29.0 Å². The van der Waals surface area contributed by atoms with Gasteiger partial charge in [0.1, 0.15) is 11.5 Å². The number of amides is 1. The molecule has 21 heavy (non-hydrogen) atoms. The van der Waals surface area contributed by atoms with Crippen molar-refractivity contribution >= 4 is 11.6 Å². The molecule has 0 radical (unpaired) electrons. The van der Waals surface area contributed by atoms with Crippen LogP contribution in [0.5, 0.6) is 0 Å². The molecule has 0 atom stereocenters. The Morgan fingerprint density at radius 2 is 1.67 bits per heavy atom. The van der Waals surface area contributed by atoms with Crippen molar-refractivity contribution < 1.29 is 18.0 Å². The van der Waals surface area contributed by atoms with Gasteiger partial charge in [-0.3, -0.25) is 4.79 Å². The molecule has 0 fully saturated rings. The van der Waals surface area contributed by atoms with Gasteiger partial charge in [-0.15, -0.1) is 0 Å². The molecule has 0 saturated heterocycles. The number of rotatable bonds is 3. The lowest BCUT2D eigenvalue weighted by atomic mass is 10.1. The molecule has 0 aliphatic heterocycles. The van der Waals surface area contributed by atoms with E-state index in [2.05, 4.69) is 5.32 Å². The summed E-state index contributed by atoms with van der Waals surface area (Å²) in [4.78, 5) is 11.7. The molecule has 0 spiro atoms. The molecule has 0 bridgehead atoms. The van der Waals surface area contributed by atoms with E-state index in [0.29, 0.717) is 23.3 Å². The van der Waals surface area contributed by atoms with Crippen molar-refractivity contribution in [1.29, 1.82) is 5.26 Å². The molecule has 3 nitrogen and oxygen atoms in total. The Hall–Kier alpha value is -2.81. The van der Waals surface area contributed by atoms with Crippen LogP contribution in [0.3, 0.4) is 0 Å². The van der Waals surface area contributed by atoms with Crippen LogP contribution in [0, 0.1) is 28.8 Å². The normalized spacial score (nSPS) is 10.0. The molecular formula is C15H9F3N2O. The van der Waals surface area contributed by atoms with Crippen molar-refractivity contribution in [2.75, 3.05) is 5.32 Å². The molecule has 0 heterocycles. The lowest BCUT2D eigenvalue weighted by Gasteiger charge is -2.08. The summed E-state index contributed by atoms with van der Waals surface area (Å²) in [5, 5.41) is 10.7. The SMILES string of the molecule is N#Cc1ccc(CC(=O)Nc2c(F)cc(F)cc2F)cc1. The first-order valence-electron chi connectivity index (χ1n) is 5.93. The Morgan fingerprint density at radius 1 is 1.10 bits per heavy atom. The lowest BCUT2D eigenvalue weighted by molar-refractivity contribution is -0.115. The number of carbonyl (C=O) groups excluding carboxylic acids is 1.